The summed E-state index contributed by atoms with van der Waals surface area (Å²) in [4.78, 5) is 0. The summed E-state index contributed by atoms with van der Waals surface area (Å²) in [5.41, 5.74) is -0.0960. The number of hydrogen-bond acceptors (Lipinski definition) is 5. The van der Waals surface area contributed by atoms with E-state index in [1.165, 1.54) is 7.11 Å². The molecular formula is C14H20ClNO4. The van der Waals surface area contributed by atoms with Gasteiger partial charge in [0.25, 0.3) is 0 Å². The fourth-order valence-electron chi connectivity index (χ4n) is 2.28. The minimum atomic E-state index is -0.740. The smallest absolute Gasteiger partial charge is 0.162 e. The van der Waals surface area contributed by atoms with Gasteiger partial charge in [-0.3, -0.25) is 0 Å². The van der Waals surface area contributed by atoms with Crippen molar-refractivity contribution in [1.82, 2.24) is 5.32 Å². The van der Waals surface area contributed by atoms with Gasteiger partial charge in [-0.2, -0.15) is 0 Å². The van der Waals surface area contributed by atoms with Crippen molar-refractivity contribution >= 4 is 11.6 Å². The summed E-state index contributed by atoms with van der Waals surface area (Å²) in [6, 6.07) is 3.24. The second-order valence-electron chi connectivity index (χ2n) is 5.06. The Morgan fingerprint density at radius 1 is 1.40 bits per heavy atom. The highest BCUT2D eigenvalue weighted by Crippen LogP contribution is 2.33. The van der Waals surface area contributed by atoms with Gasteiger partial charge in [0.1, 0.15) is 0 Å². The van der Waals surface area contributed by atoms with Gasteiger partial charge in [-0.1, -0.05) is 11.6 Å². The van der Waals surface area contributed by atoms with Crippen molar-refractivity contribution in [3.8, 4) is 11.5 Å². The molecule has 0 bridgehead atoms. The van der Waals surface area contributed by atoms with Gasteiger partial charge >= 0.3 is 0 Å². The molecule has 2 rings (SSSR count). The Kier molecular flexibility index (Phi) is 5.10. The van der Waals surface area contributed by atoms with E-state index in [0.29, 0.717) is 55.5 Å². The second-order valence-corrected chi connectivity index (χ2v) is 5.49. The Hall–Kier alpha value is -1.01. The van der Waals surface area contributed by atoms with Crippen molar-refractivity contribution in [1.29, 1.82) is 0 Å². The Balaban J connectivity index is 1.95. The SMILES string of the molecule is COc1cc(Cl)cc(CNCC2(O)CCOCC2)c1O. The summed E-state index contributed by atoms with van der Waals surface area (Å²) in [6.45, 7) is 2.01. The number of aliphatic hydroxyl groups is 1. The lowest BCUT2D eigenvalue weighted by atomic mass is 9.94. The molecule has 0 radical (unpaired) electrons. The van der Waals surface area contributed by atoms with Crippen LogP contribution in [0.5, 0.6) is 11.5 Å². The highest BCUT2D eigenvalue weighted by Gasteiger charge is 2.29. The predicted molar refractivity (Wildman–Crippen MR) is 76.4 cm³/mol. The molecule has 1 saturated heterocycles. The third-order valence-electron chi connectivity index (χ3n) is 3.53. The Morgan fingerprint density at radius 2 is 2.10 bits per heavy atom. The van der Waals surface area contributed by atoms with Crippen molar-refractivity contribution in [2.24, 2.45) is 0 Å². The van der Waals surface area contributed by atoms with Crippen LogP contribution in [0.15, 0.2) is 12.1 Å². The van der Waals surface area contributed by atoms with Crippen LogP contribution in [-0.4, -0.2) is 42.7 Å². The highest BCUT2D eigenvalue weighted by atomic mass is 35.5. The van der Waals surface area contributed by atoms with E-state index in [1.54, 1.807) is 12.1 Å². The van der Waals surface area contributed by atoms with E-state index in [1.807, 2.05) is 0 Å². The molecule has 112 valence electrons. The van der Waals surface area contributed by atoms with Gasteiger partial charge in [0, 0.05) is 55.8 Å². The molecule has 3 N–H and O–H groups in total. The first-order valence-electron chi connectivity index (χ1n) is 6.60. The fraction of sp³-hybridized carbons (Fsp3) is 0.571. The molecule has 0 saturated carbocycles. The first kappa shape index (κ1) is 15.4. The molecule has 1 aromatic rings. The lowest BCUT2D eigenvalue weighted by Crippen LogP contribution is -2.44. The van der Waals surface area contributed by atoms with Crippen LogP contribution in [0.1, 0.15) is 18.4 Å². The lowest BCUT2D eigenvalue weighted by molar-refractivity contribution is -0.0617. The second kappa shape index (κ2) is 6.63. The molecule has 0 atom stereocenters. The van der Waals surface area contributed by atoms with E-state index >= 15 is 0 Å². The molecule has 20 heavy (non-hydrogen) atoms. The number of halogens is 1. The third kappa shape index (κ3) is 3.76. The molecule has 0 spiro atoms. The molecule has 1 aromatic carbocycles. The number of phenolic OH excluding ortho intramolecular Hbond substituents is 1. The normalized spacial score (nSPS) is 17.9. The summed E-state index contributed by atoms with van der Waals surface area (Å²) in [5.74, 6) is 0.419. The summed E-state index contributed by atoms with van der Waals surface area (Å²) < 4.78 is 10.3. The maximum absolute atomic E-state index is 10.3. The van der Waals surface area contributed by atoms with Gasteiger partial charge in [-0.25, -0.2) is 0 Å². The predicted octanol–water partition coefficient (Wildman–Crippen LogP) is 1.69. The first-order valence-corrected chi connectivity index (χ1v) is 6.98. The van der Waals surface area contributed by atoms with Crippen molar-refractivity contribution in [2.45, 2.75) is 25.0 Å². The van der Waals surface area contributed by atoms with E-state index in [2.05, 4.69) is 5.32 Å². The van der Waals surface area contributed by atoms with Gasteiger partial charge < -0.3 is 25.0 Å². The molecule has 6 heteroatoms. The zero-order valence-corrected chi connectivity index (χ0v) is 12.2. The number of methoxy groups -OCH3 is 1. The van der Waals surface area contributed by atoms with Crippen LogP contribution in [0.2, 0.25) is 5.02 Å². The molecule has 0 aromatic heterocycles. The zero-order chi connectivity index (χ0) is 14.6. The van der Waals surface area contributed by atoms with Gasteiger partial charge in [-0.15, -0.1) is 0 Å². The highest BCUT2D eigenvalue weighted by molar-refractivity contribution is 6.30. The Labute approximate surface area is 123 Å². The number of ether oxygens (including phenoxy) is 2. The molecular weight excluding hydrogens is 282 g/mol. The average molecular weight is 302 g/mol. The van der Waals surface area contributed by atoms with E-state index in [0.717, 1.165) is 0 Å². The van der Waals surface area contributed by atoms with Crippen molar-refractivity contribution < 1.29 is 19.7 Å². The molecule has 1 fully saturated rings. The number of nitrogens with one attached hydrogen (secondary N) is 1. The molecule has 1 heterocycles. The first-order chi connectivity index (χ1) is 9.54. The monoisotopic (exact) mass is 301 g/mol. The van der Waals surface area contributed by atoms with Crippen LogP contribution in [0, 0.1) is 0 Å². The zero-order valence-electron chi connectivity index (χ0n) is 11.5. The number of phenols is 1. The maximum Gasteiger partial charge on any atom is 0.162 e. The fourth-order valence-corrected chi connectivity index (χ4v) is 2.51. The van der Waals surface area contributed by atoms with Crippen molar-refractivity contribution in [3.63, 3.8) is 0 Å². The topological polar surface area (TPSA) is 71.0 Å². The number of hydrogen-bond donors (Lipinski definition) is 3. The molecule has 5 nitrogen and oxygen atoms in total. The molecule has 1 aliphatic rings. The van der Waals surface area contributed by atoms with Gasteiger partial charge in [-0.05, 0) is 6.07 Å². The van der Waals surface area contributed by atoms with Crippen LogP contribution in [0.3, 0.4) is 0 Å². The van der Waals surface area contributed by atoms with Gasteiger partial charge in [0.15, 0.2) is 11.5 Å². The van der Waals surface area contributed by atoms with Crippen LogP contribution in [-0.2, 0) is 11.3 Å². The summed E-state index contributed by atoms with van der Waals surface area (Å²) in [7, 11) is 1.48. The van der Waals surface area contributed by atoms with Crippen molar-refractivity contribution in [2.75, 3.05) is 26.9 Å². The third-order valence-corrected chi connectivity index (χ3v) is 3.75. The molecule has 0 unspecified atom stereocenters. The van der Waals surface area contributed by atoms with E-state index < -0.39 is 5.60 Å². The minimum absolute atomic E-state index is 0.0726. The van der Waals surface area contributed by atoms with Crippen LogP contribution >= 0.6 is 11.6 Å². The summed E-state index contributed by atoms with van der Waals surface area (Å²) in [5, 5.41) is 24.0. The summed E-state index contributed by atoms with van der Waals surface area (Å²) in [6.07, 6.45) is 1.23. The maximum atomic E-state index is 10.3. The number of benzene rings is 1. The van der Waals surface area contributed by atoms with Crippen LogP contribution in [0.25, 0.3) is 0 Å². The number of aromatic hydroxyl groups is 1. The number of rotatable bonds is 5. The van der Waals surface area contributed by atoms with E-state index in [4.69, 9.17) is 21.1 Å². The minimum Gasteiger partial charge on any atom is -0.504 e. The van der Waals surface area contributed by atoms with Crippen LogP contribution < -0.4 is 10.1 Å². The van der Waals surface area contributed by atoms with Crippen molar-refractivity contribution in [3.05, 3.63) is 22.7 Å². The van der Waals surface area contributed by atoms with Gasteiger partial charge in [0.05, 0.1) is 12.7 Å². The standard InChI is InChI=1S/C14H20ClNO4/c1-19-12-7-11(15)6-10(13(12)17)8-16-9-14(18)2-4-20-5-3-14/h6-7,16-18H,2-5,8-9H2,1H3. The van der Waals surface area contributed by atoms with E-state index in [-0.39, 0.29) is 5.75 Å². The van der Waals surface area contributed by atoms with E-state index in [9.17, 15) is 10.2 Å². The summed E-state index contributed by atoms with van der Waals surface area (Å²) >= 11 is 5.97. The molecule has 1 aliphatic heterocycles. The molecule has 0 aliphatic carbocycles. The average Bonchev–Trinajstić information content (AvgIpc) is 2.43. The molecule has 0 amide bonds. The lowest BCUT2D eigenvalue weighted by Gasteiger charge is -2.32. The quantitative estimate of drug-likeness (QED) is 0.772. The Bertz CT molecular complexity index is 461. The van der Waals surface area contributed by atoms with Gasteiger partial charge in [0.2, 0.25) is 0 Å². The van der Waals surface area contributed by atoms with Crippen LogP contribution in [0.4, 0.5) is 0 Å². The Morgan fingerprint density at radius 3 is 2.75 bits per heavy atom. The largest absolute Gasteiger partial charge is 0.504 e.